The Labute approximate surface area is 71.0 Å². The quantitative estimate of drug-likeness (QED) is 0.628. The fourth-order valence-corrected chi connectivity index (χ4v) is 1.38. The van der Waals surface area contributed by atoms with E-state index in [0.29, 0.717) is 5.66 Å². The average molecular weight is 158 g/mol. The standard InChI is InChI=1S/C7H16N2.C2H6/c1-4-7(8-5-2)6-9(7)3;1-2/h8H,4-6H2,1-3H3;1-2H3. The lowest BCUT2D eigenvalue weighted by molar-refractivity contribution is 0.379. The van der Waals surface area contributed by atoms with Crippen molar-refractivity contribution in [1.29, 1.82) is 0 Å². The average Bonchev–Trinajstić information content (AvgIpc) is 2.68. The van der Waals surface area contributed by atoms with E-state index in [9.17, 15) is 0 Å². The molecule has 2 atom stereocenters. The Morgan fingerprint density at radius 3 is 1.91 bits per heavy atom. The Balaban J connectivity index is 0.000000461. The van der Waals surface area contributed by atoms with E-state index >= 15 is 0 Å². The zero-order chi connectivity index (χ0) is 8.91. The molecule has 68 valence electrons. The maximum absolute atomic E-state index is 3.46. The minimum Gasteiger partial charge on any atom is -0.298 e. The van der Waals surface area contributed by atoms with Crippen LogP contribution in [0, 0.1) is 0 Å². The van der Waals surface area contributed by atoms with Crippen LogP contribution in [-0.2, 0) is 0 Å². The molecule has 11 heavy (non-hydrogen) atoms. The van der Waals surface area contributed by atoms with E-state index in [2.05, 4.69) is 31.1 Å². The van der Waals surface area contributed by atoms with Gasteiger partial charge in [0, 0.05) is 6.54 Å². The molecule has 1 saturated heterocycles. The van der Waals surface area contributed by atoms with E-state index in [-0.39, 0.29) is 0 Å². The van der Waals surface area contributed by atoms with Gasteiger partial charge in [-0.15, -0.1) is 0 Å². The topological polar surface area (TPSA) is 15.0 Å². The second kappa shape index (κ2) is 4.73. The first-order valence-electron chi connectivity index (χ1n) is 4.71. The molecule has 0 bridgehead atoms. The van der Waals surface area contributed by atoms with Crippen molar-refractivity contribution in [2.75, 3.05) is 20.1 Å². The highest BCUT2D eigenvalue weighted by Crippen LogP contribution is 2.29. The van der Waals surface area contributed by atoms with Gasteiger partial charge in [0.15, 0.2) is 0 Å². The van der Waals surface area contributed by atoms with Crippen molar-refractivity contribution < 1.29 is 0 Å². The molecule has 0 aromatic carbocycles. The third kappa shape index (κ3) is 2.46. The lowest BCUT2D eigenvalue weighted by Crippen LogP contribution is -2.35. The summed E-state index contributed by atoms with van der Waals surface area (Å²) in [6, 6.07) is 0. The molecule has 1 N–H and O–H groups in total. The van der Waals surface area contributed by atoms with Crippen LogP contribution >= 0.6 is 0 Å². The van der Waals surface area contributed by atoms with Crippen LogP contribution in [0.4, 0.5) is 0 Å². The van der Waals surface area contributed by atoms with Crippen molar-refractivity contribution in [2.24, 2.45) is 0 Å². The van der Waals surface area contributed by atoms with Crippen molar-refractivity contribution in [2.45, 2.75) is 39.8 Å². The Morgan fingerprint density at radius 2 is 1.82 bits per heavy atom. The van der Waals surface area contributed by atoms with Gasteiger partial charge in [0.1, 0.15) is 0 Å². The highest BCUT2D eigenvalue weighted by Gasteiger charge is 2.46. The molecule has 0 aromatic heterocycles. The maximum atomic E-state index is 3.46. The van der Waals surface area contributed by atoms with Crippen molar-refractivity contribution in [3.8, 4) is 0 Å². The van der Waals surface area contributed by atoms with Crippen LogP contribution in [0.1, 0.15) is 34.1 Å². The van der Waals surface area contributed by atoms with Gasteiger partial charge in [-0.05, 0) is 20.0 Å². The summed E-state index contributed by atoms with van der Waals surface area (Å²) < 4.78 is 0. The largest absolute Gasteiger partial charge is 0.298 e. The first kappa shape index (κ1) is 10.9. The van der Waals surface area contributed by atoms with Crippen LogP contribution in [0.25, 0.3) is 0 Å². The van der Waals surface area contributed by atoms with Crippen LogP contribution in [-0.4, -0.2) is 30.7 Å². The second-order valence-electron chi connectivity index (χ2n) is 2.77. The SMILES string of the molecule is CC.CCNC1(CC)CN1C. The van der Waals surface area contributed by atoms with Crippen LogP contribution in [0.2, 0.25) is 0 Å². The molecule has 2 heteroatoms. The van der Waals surface area contributed by atoms with Gasteiger partial charge in [-0.2, -0.15) is 0 Å². The summed E-state index contributed by atoms with van der Waals surface area (Å²) in [6.45, 7) is 10.7. The zero-order valence-corrected chi connectivity index (χ0v) is 8.57. The Bertz CT molecular complexity index is 99.7. The molecule has 1 fully saturated rings. The van der Waals surface area contributed by atoms with Crippen molar-refractivity contribution in [3.05, 3.63) is 0 Å². The molecule has 1 aliphatic rings. The van der Waals surface area contributed by atoms with Crippen molar-refractivity contribution in [1.82, 2.24) is 10.2 Å². The fourth-order valence-electron chi connectivity index (χ4n) is 1.38. The molecule has 0 radical (unpaired) electrons. The smallest absolute Gasteiger partial charge is 0.0839 e. The third-order valence-corrected chi connectivity index (χ3v) is 2.22. The molecule has 0 saturated carbocycles. The highest BCUT2D eigenvalue weighted by atomic mass is 15.5. The predicted molar refractivity (Wildman–Crippen MR) is 50.7 cm³/mol. The number of likely N-dealkylation sites (N-methyl/N-ethyl adjacent to an activating group) is 2. The van der Waals surface area contributed by atoms with E-state index in [1.807, 2.05) is 13.8 Å². The fraction of sp³-hybridized carbons (Fsp3) is 1.00. The van der Waals surface area contributed by atoms with Gasteiger partial charge >= 0.3 is 0 Å². The molecule has 0 aliphatic carbocycles. The highest BCUT2D eigenvalue weighted by molar-refractivity contribution is 5.01. The normalized spacial score (nSPS) is 34.1. The predicted octanol–water partition coefficient (Wildman–Crippen LogP) is 1.67. The number of rotatable bonds is 3. The molecular weight excluding hydrogens is 136 g/mol. The molecule has 1 rings (SSSR count). The Kier molecular flexibility index (Phi) is 4.69. The summed E-state index contributed by atoms with van der Waals surface area (Å²) in [4.78, 5) is 2.34. The van der Waals surface area contributed by atoms with Crippen molar-refractivity contribution >= 4 is 0 Å². The minimum atomic E-state index is 0.384. The maximum Gasteiger partial charge on any atom is 0.0839 e. The minimum absolute atomic E-state index is 0.384. The molecule has 2 nitrogen and oxygen atoms in total. The summed E-state index contributed by atoms with van der Waals surface area (Å²) >= 11 is 0. The van der Waals surface area contributed by atoms with Gasteiger partial charge in [0.2, 0.25) is 0 Å². The van der Waals surface area contributed by atoms with Crippen molar-refractivity contribution in [3.63, 3.8) is 0 Å². The second-order valence-corrected chi connectivity index (χ2v) is 2.77. The summed E-state index contributed by atoms with van der Waals surface area (Å²) in [6.07, 6.45) is 1.22. The van der Waals surface area contributed by atoms with Gasteiger partial charge < -0.3 is 0 Å². The van der Waals surface area contributed by atoms with Gasteiger partial charge in [-0.3, -0.25) is 10.2 Å². The monoisotopic (exact) mass is 158 g/mol. The molecular formula is C9H22N2. The summed E-state index contributed by atoms with van der Waals surface area (Å²) in [5, 5.41) is 3.46. The van der Waals surface area contributed by atoms with Gasteiger partial charge in [-0.25, -0.2) is 0 Å². The first-order valence-corrected chi connectivity index (χ1v) is 4.71. The van der Waals surface area contributed by atoms with Crippen LogP contribution in [0.5, 0.6) is 0 Å². The third-order valence-electron chi connectivity index (χ3n) is 2.22. The first-order chi connectivity index (χ1) is 5.25. The Hall–Kier alpha value is -0.0800. The van der Waals surface area contributed by atoms with Gasteiger partial charge in [-0.1, -0.05) is 27.7 Å². The van der Waals surface area contributed by atoms with E-state index in [4.69, 9.17) is 0 Å². The zero-order valence-electron chi connectivity index (χ0n) is 8.57. The van der Waals surface area contributed by atoms with Gasteiger partial charge in [0.25, 0.3) is 0 Å². The van der Waals surface area contributed by atoms with E-state index in [1.165, 1.54) is 13.0 Å². The summed E-state index contributed by atoms with van der Waals surface area (Å²) in [5.74, 6) is 0. The lowest BCUT2D eigenvalue weighted by Gasteiger charge is -2.13. The van der Waals surface area contributed by atoms with Gasteiger partial charge in [0.05, 0.1) is 5.66 Å². The number of hydrogen-bond acceptors (Lipinski definition) is 2. The summed E-state index contributed by atoms with van der Waals surface area (Å²) in [7, 11) is 2.16. The Morgan fingerprint density at radius 1 is 1.36 bits per heavy atom. The number of nitrogens with one attached hydrogen (secondary N) is 1. The molecule has 1 heterocycles. The van der Waals surface area contributed by atoms with E-state index in [1.54, 1.807) is 0 Å². The van der Waals surface area contributed by atoms with Crippen LogP contribution < -0.4 is 5.32 Å². The number of hydrogen-bond donors (Lipinski definition) is 1. The molecule has 1 aliphatic heterocycles. The lowest BCUT2D eigenvalue weighted by atomic mass is 10.2. The van der Waals surface area contributed by atoms with E-state index in [0.717, 1.165) is 6.54 Å². The van der Waals surface area contributed by atoms with Crippen LogP contribution in [0.15, 0.2) is 0 Å². The number of nitrogens with zero attached hydrogens (tertiary/aromatic N) is 1. The van der Waals surface area contributed by atoms with Crippen LogP contribution in [0.3, 0.4) is 0 Å². The molecule has 0 amide bonds. The molecule has 0 spiro atoms. The van der Waals surface area contributed by atoms with E-state index < -0.39 is 0 Å². The molecule has 0 aromatic rings. The summed E-state index contributed by atoms with van der Waals surface area (Å²) in [5.41, 5.74) is 0.384. The molecule has 2 unspecified atom stereocenters.